The van der Waals surface area contributed by atoms with Crippen LogP contribution in [-0.4, -0.2) is 63.3 Å². The Balaban J connectivity index is 1.70. The summed E-state index contributed by atoms with van der Waals surface area (Å²) in [4.78, 5) is 24.7. The first kappa shape index (κ1) is 25.6. The highest BCUT2D eigenvalue weighted by Gasteiger charge is 2.32. The first-order chi connectivity index (χ1) is 16.3. The number of benzene rings is 1. The molecule has 2 atom stereocenters. The molecule has 0 aliphatic carbocycles. The Morgan fingerprint density at radius 2 is 2.06 bits per heavy atom. The minimum Gasteiger partial charge on any atom is -0.444 e. The molecule has 0 fully saturated rings. The number of amides is 2. The summed E-state index contributed by atoms with van der Waals surface area (Å²) in [5.74, 6) is 0.935. The van der Waals surface area contributed by atoms with E-state index < -0.39 is 17.7 Å². The molecule has 0 bridgehead atoms. The van der Waals surface area contributed by atoms with E-state index in [1.54, 1.807) is 13.8 Å². The van der Waals surface area contributed by atoms with E-state index >= 15 is 0 Å². The summed E-state index contributed by atoms with van der Waals surface area (Å²) < 4.78 is 13.3. The van der Waals surface area contributed by atoms with Crippen LogP contribution in [0, 0.1) is 0 Å². The molecule has 11 heteroatoms. The van der Waals surface area contributed by atoms with Gasteiger partial charge in [-0.1, -0.05) is 30.3 Å². The van der Waals surface area contributed by atoms with E-state index in [0.29, 0.717) is 44.8 Å². The highest BCUT2D eigenvalue weighted by atomic mass is 16.6. The zero-order valence-corrected chi connectivity index (χ0v) is 19.7. The molecule has 2 heterocycles. The summed E-state index contributed by atoms with van der Waals surface area (Å²) in [6, 6.07) is 9.14. The number of aliphatic hydroxyl groups excluding tert-OH is 1. The molecule has 2 amide bonds. The van der Waals surface area contributed by atoms with Gasteiger partial charge < -0.3 is 35.5 Å². The number of aryl methyl sites for hydroxylation is 1. The number of fused-ring (bicyclic) bond motifs is 1. The number of rotatable bonds is 11. The van der Waals surface area contributed by atoms with Crippen LogP contribution in [0.15, 0.2) is 30.3 Å². The van der Waals surface area contributed by atoms with Crippen LogP contribution in [-0.2, 0) is 33.8 Å². The van der Waals surface area contributed by atoms with Crippen LogP contribution in [0.1, 0.15) is 49.9 Å². The summed E-state index contributed by atoms with van der Waals surface area (Å²) in [5.41, 5.74) is 5.92. The van der Waals surface area contributed by atoms with Crippen LogP contribution in [0.4, 0.5) is 4.79 Å². The molecule has 1 aromatic carbocycles. The maximum Gasteiger partial charge on any atom is 0.407 e. The van der Waals surface area contributed by atoms with E-state index in [9.17, 15) is 9.59 Å². The molecule has 0 radical (unpaired) electrons. The normalized spacial score (nSPS) is 16.4. The third kappa shape index (κ3) is 7.24. The van der Waals surface area contributed by atoms with Gasteiger partial charge in [0.05, 0.1) is 25.3 Å². The molecular weight excluding hydrogens is 440 g/mol. The third-order valence-electron chi connectivity index (χ3n) is 5.41. The molecule has 1 aliphatic rings. The molecule has 0 saturated carbocycles. The highest BCUT2D eigenvalue weighted by Crippen LogP contribution is 2.22. The lowest BCUT2D eigenvalue weighted by atomic mass is 10.1. The lowest BCUT2D eigenvalue weighted by molar-refractivity contribution is -0.126. The van der Waals surface area contributed by atoms with Crippen molar-refractivity contribution in [1.82, 2.24) is 25.4 Å². The molecule has 0 saturated heterocycles. The molecule has 34 heavy (non-hydrogen) atoms. The van der Waals surface area contributed by atoms with Crippen LogP contribution in [0.2, 0.25) is 0 Å². The molecule has 1 aliphatic heterocycles. The predicted molar refractivity (Wildman–Crippen MR) is 124 cm³/mol. The fourth-order valence-corrected chi connectivity index (χ4v) is 3.53. The Kier molecular flexibility index (Phi) is 8.97. The molecule has 0 spiro atoms. The van der Waals surface area contributed by atoms with Crippen molar-refractivity contribution in [2.24, 2.45) is 5.73 Å². The van der Waals surface area contributed by atoms with Crippen LogP contribution in [0.25, 0.3) is 0 Å². The Morgan fingerprint density at radius 1 is 1.29 bits per heavy atom. The number of nitrogens with zero attached hydrogens (tertiary/aromatic N) is 3. The molecule has 11 nitrogen and oxygen atoms in total. The number of ether oxygens (including phenoxy) is 2. The van der Waals surface area contributed by atoms with Gasteiger partial charge >= 0.3 is 6.09 Å². The van der Waals surface area contributed by atoms with Crippen molar-refractivity contribution in [1.29, 1.82) is 0 Å². The monoisotopic (exact) mass is 474 g/mol. The molecule has 1 unspecified atom stereocenters. The Hall–Kier alpha value is -3.02. The number of nitrogens with two attached hydrogens (primary N) is 1. The second-order valence-electron chi connectivity index (χ2n) is 8.90. The van der Waals surface area contributed by atoms with Crippen molar-refractivity contribution in [2.75, 3.05) is 19.8 Å². The molecule has 3 rings (SSSR count). The molecule has 1 aromatic heterocycles. The van der Waals surface area contributed by atoms with Gasteiger partial charge in [0.25, 0.3) is 0 Å². The smallest absolute Gasteiger partial charge is 0.407 e. The average Bonchev–Trinajstić information content (AvgIpc) is 3.22. The summed E-state index contributed by atoms with van der Waals surface area (Å²) in [7, 11) is 0. The van der Waals surface area contributed by atoms with Crippen LogP contribution in [0.5, 0.6) is 0 Å². The number of aromatic nitrogens is 3. The maximum atomic E-state index is 12.7. The van der Waals surface area contributed by atoms with Gasteiger partial charge in [-0.25, -0.2) is 4.79 Å². The van der Waals surface area contributed by atoms with Gasteiger partial charge in [0.1, 0.15) is 18.0 Å². The summed E-state index contributed by atoms with van der Waals surface area (Å²) >= 11 is 0. The number of carbonyl (C=O) groups is 2. The lowest BCUT2D eigenvalue weighted by Gasteiger charge is -2.28. The average molecular weight is 475 g/mol. The summed E-state index contributed by atoms with van der Waals surface area (Å²) in [6.45, 7) is 4.50. The molecule has 5 N–H and O–H groups in total. The second-order valence-corrected chi connectivity index (χ2v) is 8.90. The van der Waals surface area contributed by atoms with E-state index in [1.807, 2.05) is 34.9 Å². The fraction of sp³-hybridized carbons (Fsp3) is 0.565. The minimum absolute atomic E-state index is 0.00378. The third-order valence-corrected chi connectivity index (χ3v) is 5.41. The van der Waals surface area contributed by atoms with Crippen LogP contribution in [0.3, 0.4) is 0 Å². The van der Waals surface area contributed by atoms with Crippen LogP contribution >= 0.6 is 0 Å². The SMILES string of the molecule is CC(C)(N)C(=O)N[C@H](COCc1ccccc1)c1nnc2n1CC(OC(=O)NCCCO)CC2. The van der Waals surface area contributed by atoms with Gasteiger partial charge in [0, 0.05) is 19.6 Å². The number of hydrogen-bond donors (Lipinski definition) is 4. The Morgan fingerprint density at radius 3 is 2.76 bits per heavy atom. The topological polar surface area (TPSA) is 154 Å². The molecule has 2 aromatic rings. The largest absolute Gasteiger partial charge is 0.444 e. The number of hydrogen-bond acceptors (Lipinski definition) is 8. The first-order valence-corrected chi connectivity index (χ1v) is 11.5. The number of carbonyl (C=O) groups excluding carboxylic acids is 2. The quantitative estimate of drug-likeness (QED) is 0.349. The van der Waals surface area contributed by atoms with Crippen molar-refractivity contribution >= 4 is 12.0 Å². The van der Waals surface area contributed by atoms with Gasteiger partial charge in [-0.2, -0.15) is 0 Å². The van der Waals surface area contributed by atoms with E-state index in [2.05, 4.69) is 20.8 Å². The van der Waals surface area contributed by atoms with Gasteiger partial charge in [-0.05, 0) is 32.3 Å². The zero-order valence-electron chi connectivity index (χ0n) is 19.7. The van der Waals surface area contributed by atoms with E-state index in [-0.39, 0.29) is 25.2 Å². The van der Waals surface area contributed by atoms with E-state index in [4.69, 9.17) is 20.3 Å². The summed E-state index contributed by atoms with van der Waals surface area (Å²) in [5, 5.41) is 23.0. The van der Waals surface area contributed by atoms with Crippen molar-refractivity contribution in [2.45, 2.75) is 63.9 Å². The van der Waals surface area contributed by atoms with Gasteiger partial charge in [0.15, 0.2) is 5.82 Å². The number of alkyl carbamates (subject to hydrolysis) is 1. The van der Waals surface area contributed by atoms with E-state index in [1.165, 1.54) is 0 Å². The number of aliphatic hydroxyl groups is 1. The van der Waals surface area contributed by atoms with Crippen molar-refractivity contribution in [3.05, 3.63) is 47.5 Å². The maximum absolute atomic E-state index is 12.7. The van der Waals surface area contributed by atoms with E-state index in [0.717, 1.165) is 11.4 Å². The lowest BCUT2D eigenvalue weighted by Crippen LogP contribution is -2.51. The molecule has 186 valence electrons. The van der Waals surface area contributed by atoms with Crippen molar-refractivity contribution in [3.8, 4) is 0 Å². The zero-order chi connectivity index (χ0) is 24.6. The van der Waals surface area contributed by atoms with Gasteiger partial charge in [-0.15, -0.1) is 10.2 Å². The standard InChI is InChI=1S/C23H34N6O5/c1-23(2,24)21(31)26-18(15-33-14-16-7-4-3-5-8-16)20-28-27-19-10-9-17(13-29(19)20)34-22(32)25-11-6-12-30/h3-5,7-8,17-18,30H,6,9-15,24H2,1-2H3,(H,25,32)(H,26,31)/t17?,18-/m1/s1. The summed E-state index contributed by atoms with van der Waals surface area (Å²) in [6.07, 6.45) is 0.751. The Bertz CT molecular complexity index is 943. The predicted octanol–water partition coefficient (Wildman–Crippen LogP) is 0.813. The Labute approximate surface area is 199 Å². The van der Waals surface area contributed by atoms with Gasteiger partial charge in [-0.3, -0.25) is 4.79 Å². The van der Waals surface area contributed by atoms with Gasteiger partial charge in [0.2, 0.25) is 5.91 Å². The fourth-order valence-electron chi connectivity index (χ4n) is 3.53. The first-order valence-electron chi connectivity index (χ1n) is 11.5. The number of nitrogens with one attached hydrogen (secondary N) is 2. The highest BCUT2D eigenvalue weighted by molar-refractivity contribution is 5.85. The van der Waals surface area contributed by atoms with Crippen molar-refractivity contribution in [3.63, 3.8) is 0 Å². The van der Waals surface area contributed by atoms with Crippen LogP contribution < -0.4 is 16.4 Å². The molecular formula is C23H34N6O5. The second kappa shape index (κ2) is 11.9. The minimum atomic E-state index is -1.08. The van der Waals surface area contributed by atoms with Crippen molar-refractivity contribution < 1.29 is 24.2 Å².